The topological polar surface area (TPSA) is 37.2 Å². The highest BCUT2D eigenvalue weighted by Gasteiger charge is 2.48. The molecule has 0 radical (unpaired) electrons. The SMILES string of the molecule is O[C@H]1CNCC(F)(F)[C@@H]1n1c2ccccc2c2ccccc21. The summed E-state index contributed by atoms with van der Waals surface area (Å²) in [5.41, 5.74) is 1.46. The molecular weight excluding hydrogens is 286 g/mol. The molecule has 1 aliphatic rings. The molecule has 5 heteroatoms. The van der Waals surface area contributed by atoms with E-state index in [2.05, 4.69) is 5.32 Å². The highest BCUT2D eigenvalue weighted by atomic mass is 19.3. The lowest BCUT2D eigenvalue weighted by Gasteiger charge is -2.37. The van der Waals surface area contributed by atoms with Gasteiger partial charge in [-0.3, -0.25) is 0 Å². The molecule has 3 aromatic rings. The van der Waals surface area contributed by atoms with Gasteiger partial charge in [-0.1, -0.05) is 36.4 Å². The smallest absolute Gasteiger partial charge is 0.283 e. The van der Waals surface area contributed by atoms with Crippen LogP contribution in [0.4, 0.5) is 8.78 Å². The molecule has 22 heavy (non-hydrogen) atoms. The lowest BCUT2D eigenvalue weighted by Crippen LogP contribution is -2.54. The summed E-state index contributed by atoms with van der Waals surface area (Å²) in [5.74, 6) is -3.01. The number of piperidine rings is 1. The summed E-state index contributed by atoms with van der Waals surface area (Å²) < 4.78 is 30.6. The Bertz CT molecular complexity index is 790. The predicted octanol–water partition coefficient (Wildman–Crippen LogP) is 2.94. The number of rotatable bonds is 1. The second-order valence-electron chi connectivity index (χ2n) is 5.81. The molecule has 0 aliphatic carbocycles. The van der Waals surface area contributed by atoms with Gasteiger partial charge in [0.1, 0.15) is 6.04 Å². The minimum atomic E-state index is -3.01. The van der Waals surface area contributed by atoms with Gasteiger partial charge in [-0.05, 0) is 12.1 Å². The molecule has 0 amide bonds. The average molecular weight is 302 g/mol. The van der Waals surface area contributed by atoms with Crippen molar-refractivity contribution in [2.24, 2.45) is 0 Å². The normalized spacial score (nSPS) is 24.9. The molecule has 2 atom stereocenters. The predicted molar refractivity (Wildman–Crippen MR) is 82.3 cm³/mol. The number of nitrogens with zero attached hydrogens (tertiary/aromatic N) is 1. The summed E-state index contributed by atoms with van der Waals surface area (Å²) in [7, 11) is 0. The van der Waals surface area contributed by atoms with Gasteiger partial charge in [0.25, 0.3) is 5.92 Å². The van der Waals surface area contributed by atoms with Crippen molar-refractivity contribution in [3.63, 3.8) is 0 Å². The summed E-state index contributed by atoms with van der Waals surface area (Å²) in [6.45, 7) is -0.253. The van der Waals surface area contributed by atoms with Crippen molar-refractivity contribution in [2.75, 3.05) is 13.1 Å². The van der Waals surface area contributed by atoms with Gasteiger partial charge >= 0.3 is 0 Å². The number of hydrogen-bond acceptors (Lipinski definition) is 2. The zero-order valence-corrected chi connectivity index (χ0v) is 11.8. The summed E-state index contributed by atoms with van der Waals surface area (Å²) in [6, 6.07) is 13.7. The van der Waals surface area contributed by atoms with Gasteiger partial charge in [0.05, 0.1) is 12.6 Å². The van der Waals surface area contributed by atoms with Crippen LogP contribution >= 0.6 is 0 Å². The van der Waals surface area contributed by atoms with E-state index in [-0.39, 0.29) is 6.54 Å². The first-order valence-corrected chi connectivity index (χ1v) is 7.34. The van der Waals surface area contributed by atoms with Crippen LogP contribution < -0.4 is 5.32 Å². The average Bonchev–Trinajstić information content (AvgIpc) is 2.82. The van der Waals surface area contributed by atoms with Crippen molar-refractivity contribution < 1.29 is 13.9 Å². The second kappa shape index (κ2) is 4.76. The van der Waals surface area contributed by atoms with E-state index in [0.29, 0.717) is 0 Å². The number of para-hydroxylation sites is 2. The largest absolute Gasteiger partial charge is 0.389 e. The molecule has 1 fully saturated rings. The highest BCUT2D eigenvalue weighted by molar-refractivity contribution is 6.08. The van der Waals surface area contributed by atoms with Crippen LogP contribution in [-0.2, 0) is 0 Å². The molecule has 114 valence electrons. The minimum absolute atomic E-state index is 0.168. The first-order valence-electron chi connectivity index (χ1n) is 7.34. The van der Waals surface area contributed by atoms with Gasteiger partial charge in [0.2, 0.25) is 0 Å². The number of aliphatic hydroxyl groups excluding tert-OH is 1. The number of benzene rings is 2. The van der Waals surface area contributed by atoms with Gasteiger partial charge in [-0.2, -0.15) is 0 Å². The number of nitrogens with one attached hydrogen (secondary N) is 1. The summed E-state index contributed by atoms with van der Waals surface area (Å²) >= 11 is 0. The van der Waals surface area contributed by atoms with E-state index >= 15 is 0 Å². The molecule has 1 aliphatic heterocycles. The Morgan fingerprint density at radius 2 is 1.55 bits per heavy atom. The minimum Gasteiger partial charge on any atom is -0.389 e. The van der Waals surface area contributed by atoms with Gasteiger partial charge in [-0.25, -0.2) is 8.78 Å². The number of β-amino-alcohol motifs (C(OH)–C–C–N with tert-alkyl or cyclic N) is 1. The highest BCUT2D eigenvalue weighted by Crippen LogP contribution is 2.40. The van der Waals surface area contributed by atoms with Crippen LogP contribution in [0.2, 0.25) is 0 Å². The van der Waals surface area contributed by atoms with Crippen LogP contribution in [0.15, 0.2) is 48.5 Å². The molecule has 3 nitrogen and oxygen atoms in total. The third-order valence-corrected chi connectivity index (χ3v) is 4.41. The maximum Gasteiger partial charge on any atom is 0.283 e. The van der Waals surface area contributed by atoms with E-state index in [0.717, 1.165) is 21.8 Å². The van der Waals surface area contributed by atoms with Crippen LogP contribution in [0.5, 0.6) is 0 Å². The summed E-state index contributed by atoms with van der Waals surface area (Å²) in [4.78, 5) is 0. The van der Waals surface area contributed by atoms with Crippen LogP contribution in [0.3, 0.4) is 0 Å². The lowest BCUT2D eigenvalue weighted by atomic mass is 9.98. The number of aromatic nitrogens is 1. The molecule has 0 spiro atoms. The van der Waals surface area contributed by atoms with Crippen LogP contribution in [-0.4, -0.2) is 34.8 Å². The molecule has 1 aromatic heterocycles. The molecule has 0 bridgehead atoms. The van der Waals surface area contributed by atoms with Crippen molar-refractivity contribution in [2.45, 2.75) is 18.1 Å². The third-order valence-electron chi connectivity index (χ3n) is 4.41. The Balaban J connectivity index is 2.08. The Labute approximate surface area is 126 Å². The van der Waals surface area contributed by atoms with Crippen LogP contribution in [0.25, 0.3) is 21.8 Å². The fourth-order valence-electron chi connectivity index (χ4n) is 3.50. The van der Waals surface area contributed by atoms with Gasteiger partial charge in [0, 0.05) is 28.4 Å². The maximum atomic E-state index is 14.5. The molecular formula is C17H16F2N2O. The molecule has 4 rings (SSSR count). The lowest BCUT2D eigenvalue weighted by molar-refractivity contribution is -0.110. The molecule has 0 unspecified atom stereocenters. The van der Waals surface area contributed by atoms with E-state index in [1.54, 1.807) is 4.57 Å². The third kappa shape index (κ3) is 1.86. The van der Waals surface area contributed by atoms with Crippen LogP contribution in [0, 0.1) is 0 Å². The Morgan fingerprint density at radius 1 is 1.00 bits per heavy atom. The van der Waals surface area contributed by atoms with Crippen molar-refractivity contribution in [3.8, 4) is 0 Å². The number of hydrogen-bond donors (Lipinski definition) is 2. The van der Waals surface area contributed by atoms with Gasteiger partial charge in [-0.15, -0.1) is 0 Å². The molecule has 2 heterocycles. The molecule has 2 aromatic carbocycles. The monoisotopic (exact) mass is 302 g/mol. The Kier molecular flexibility index (Phi) is 2.96. The van der Waals surface area contributed by atoms with Crippen LogP contribution in [0.1, 0.15) is 6.04 Å². The Morgan fingerprint density at radius 3 is 2.09 bits per heavy atom. The second-order valence-corrected chi connectivity index (χ2v) is 5.81. The summed E-state index contributed by atoms with van der Waals surface area (Å²) in [6.07, 6.45) is -1.14. The quantitative estimate of drug-likeness (QED) is 0.725. The molecule has 0 saturated carbocycles. The van der Waals surface area contributed by atoms with E-state index in [9.17, 15) is 13.9 Å². The van der Waals surface area contributed by atoms with Crippen molar-refractivity contribution in [3.05, 3.63) is 48.5 Å². The fraction of sp³-hybridized carbons (Fsp3) is 0.294. The molecule has 2 N–H and O–H groups in total. The van der Waals surface area contributed by atoms with Crippen molar-refractivity contribution >= 4 is 21.8 Å². The van der Waals surface area contributed by atoms with E-state index in [4.69, 9.17) is 0 Å². The maximum absolute atomic E-state index is 14.5. The number of aliphatic hydroxyl groups is 1. The van der Waals surface area contributed by atoms with E-state index in [1.807, 2.05) is 48.5 Å². The Hall–Kier alpha value is -1.98. The van der Waals surface area contributed by atoms with Crippen molar-refractivity contribution in [1.29, 1.82) is 0 Å². The first kappa shape index (κ1) is 13.7. The fourth-order valence-corrected chi connectivity index (χ4v) is 3.50. The van der Waals surface area contributed by atoms with E-state index in [1.165, 1.54) is 0 Å². The van der Waals surface area contributed by atoms with Gasteiger partial charge in [0.15, 0.2) is 0 Å². The van der Waals surface area contributed by atoms with E-state index < -0.39 is 24.6 Å². The van der Waals surface area contributed by atoms with Crippen molar-refractivity contribution in [1.82, 2.24) is 9.88 Å². The van der Waals surface area contributed by atoms with Gasteiger partial charge < -0.3 is 15.0 Å². The number of alkyl halides is 2. The number of fused-ring (bicyclic) bond motifs is 3. The first-order chi connectivity index (χ1) is 10.6. The summed E-state index contributed by atoms with van der Waals surface area (Å²) in [5, 5.41) is 14.7. The zero-order chi connectivity index (χ0) is 15.3. The standard InChI is InChI=1S/C17H16F2N2O/c18-17(19)10-20-9-15(22)16(17)21-13-7-3-1-5-11(13)12-6-2-4-8-14(12)21/h1-8,15-16,20,22H,9-10H2/t15-,16+/m0/s1. The number of halogens is 2. The zero-order valence-electron chi connectivity index (χ0n) is 11.8. The molecule has 1 saturated heterocycles.